The molecule has 1 N–H and O–H groups in total. The minimum absolute atomic E-state index is 0.0580. The summed E-state index contributed by atoms with van der Waals surface area (Å²) < 4.78 is 0. The highest BCUT2D eigenvalue weighted by Gasteiger charge is 2.42. The number of benzene rings is 2. The standard InChI is InChI=1S/C23H19NO4/c1-3-12(2)14-5-7-18-15(9-14)10-19(26)21(24-18)20-22(27)16-6-4-13(11-25)8-17(16)23(20)28/h4-12,20,26H,3H2,1-2H3/t12-,20?/m1/s1. The Hall–Kier alpha value is -3.34. The third kappa shape index (κ3) is 2.71. The molecule has 1 aromatic heterocycles. The first-order valence-electron chi connectivity index (χ1n) is 9.25. The fourth-order valence-corrected chi connectivity index (χ4v) is 3.69. The summed E-state index contributed by atoms with van der Waals surface area (Å²) >= 11 is 0. The Bertz CT molecular complexity index is 1150. The molecule has 4 rings (SSSR count). The van der Waals surface area contributed by atoms with Gasteiger partial charge in [0.25, 0.3) is 0 Å². The lowest BCUT2D eigenvalue weighted by atomic mass is 9.95. The number of aromatic nitrogens is 1. The molecule has 0 radical (unpaired) electrons. The van der Waals surface area contributed by atoms with E-state index in [2.05, 4.69) is 18.8 Å². The summed E-state index contributed by atoms with van der Waals surface area (Å²) in [6.07, 6.45) is 1.63. The van der Waals surface area contributed by atoms with Crippen LogP contribution in [0.3, 0.4) is 0 Å². The van der Waals surface area contributed by atoms with Crippen molar-refractivity contribution in [2.45, 2.75) is 32.1 Å². The number of Topliss-reactive ketones (excluding diaryl/α,β-unsaturated/α-hetero) is 2. The fraction of sp³-hybridized carbons (Fsp3) is 0.217. The van der Waals surface area contributed by atoms with E-state index in [0.717, 1.165) is 17.4 Å². The largest absolute Gasteiger partial charge is 0.506 e. The summed E-state index contributed by atoms with van der Waals surface area (Å²) in [5.41, 5.74) is 2.61. The van der Waals surface area contributed by atoms with E-state index in [-0.39, 0.29) is 22.6 Å². The molecule has 2 atom stereocenters. The molecule has 5 heteroatoms. The van der Waals surface area contributed by atoms with Crippen LogP contribution < -0.4 is 0 Å². The Kier molecular flexibility index (Phi) is 4.30. The van der Waals surface area contributed by atoms with Gasteiger partial charge in [-0.2, -0.15) is 0 Å². The number of fused-ring (bicyclic) bond motifs is 2. The monoisotopic (exact) mass is 373 g/mol. The molecular formula is C23H19NO4. The van der Waals surface area contributed by atoms with Crippen LogP contribution in [0.5, 0.6) is 5.75 Å². The van der Waals surface area contributed by atoms with E-state index in [1.807, 2.05) is 18.2 Å². The molecule has 0 aliphatic heterocycles. The van der Waals surface area contributed by atoms with Crippen molar-refractivity contribution in [2.24, 2.45) is 0 Å². The zero-order valence-electron chi connectivity index (χ0n) is 15.6. The molecule has 1 unspecified atom stereocenters. The number of rotatable bonds is 4. The van der Waals surface area contributed by atoms with Crippen LogP contribution in [0.2, 0.25) is 0 Å². The third-order valence-corrected chi connectivity index (χ3v) is 5.54. The van der Waals surface area contributed by atoms with Crippen molar-refractivity contribution in [1.29, 1.82) is 0 Å². The van der Waals surface area contributed by atoms with Crippen molar-refractivity contribution in [3.8, 4) is 5.75 Å². The number of carbonyl (C=O) groups excluding carboxylic acids is 3. The van der Waals surface area contributed by atoms with Crippen LogP contribution in [0.1, 0.15) is 74.4 Å². The van der Waals surface area contributed by atoms with Crippen LogP contribution in [0.25, 0.3) is 10.9 Å². The summed E-state index contributed by atoms with van der Waals surface area (Å²) in [6, 6.07) is 11.8. The van der Waals surface area contributed by atoms with Gasteiger partial charge in [0.15, 0.2) is 11.6 Å². The molecule has 5 nitrogen and oxygen atoms in total. The quantitative estimate of drug-likeness (QED) is 0.540. The highest BCUT2D eigenvalue weighted by molar-refractivity contribution is 6.30. The van der Waals surface area contributed by atoms with E-state index in [1.54, 1.807) is 6.07 Å². The van der Waals surface area contributed by atoms with E-state index in [9.17, 15) is 19.5 Å². The maximum atomic E-state index is 12.9. The van der Waals surface area contributed by atoms with E-state index >= 15 is 0 Å². The minimum Gasteiger partial charge on any atom is -0.506 e. The van der Waals surface area contributed by atoms with Gasteiger partial charge in [-0.1, -0.05) is 26.0 Å². The molecule has 2 aromatic carbocycles. The molecular weight excluding hydrogens is 354 g/mol. The zero-order valence-corrected chi connectivity index (χ0v) is 15.6. The van der Waals surface area contributed by atoms with Crippen molar-refractivity contribution in [3.05, 3.63) is 70.4 Å². The second kappa shape index (κ2) is 6.68. The summed E-state index contributed by atoms with van der Waals surface area (Å²) in [5.74, 6) is -1.83. The first-order chi connectivity index (χ1) is 13.4. The minimum atomic E-state index is -1.18. The predicted octanol–water partition coefficient (Wildman–Crippen LogP) is 4.43. The molecule has 0 fully saturated rings. The average molecular weight is 373 g/mol. The van der Waals surface area contributed by atoms with E-state index in [4.69, 9.17) is 0 Å². The maximum Gasteiger partial charge on any atom is 0.180 e. The summed E-state index contributed by atoms with van der Waals surface area (Å²) in [5, 5.41) is 11.3. The van der Waals surface area contributed by atoms with Gasteiger partial charge in [-0.05, 0) is 48.2 Å². The predicted molar refractivity (Wildman–Crippen MR) is 105 cm³/mol. The lowest BCUT2D eigenvalue weighted by Gasteiger charge is -2.13. The molecule has 28 heavy (non-hydrogen) atoms. The SMILES string of the molecule is CC[C@@H](C)c1ccc2nc(C3C(=O)c4ccc(C=O)cc4C3=O)c(O)cc2c1. The van der Waals surface area contributed by atoms with Gasteiger partial charge in [-0.15, -0.1) is 0 Å². The van der Waals surface area contributed by atoms with Crippen LogP contribution in [-0.2, 0) is 0 Å². The molecule has 0 spiro atoms. The number of hydrogen-bond donors (Lipinski definition) is 1. The molecule has 1 aliphatic rings. The van der Waals surface area contributed by atoms with Gasteiger partial charge in [0.05, 0.1) is 5.52 Å². The van der Waals surface area contributed by atoms with E-state index < -0.39 is 17.5 Å². The Morgan fingerprint density at radius 3 is 2.54 bits per heavy atom. The number of pyridine rings is 1. The molecule has 140 valence electrons. The highest BCUT2D eigenvalue weighted by atomic mass is 16.3. The van der Waals surface area contributed by atoms with Gasteiger partial charge in [0.2, 0.25) is 0 Å². The Morgan fingerprint density at radius 1 is 1.07 bits per heavy atom. The number of aldehydes is 1. The Balaban J connectivity index is 1.81. The van der Waals surface area contributed by atoms with Crippen molar-refractivity contribution in [2.75, 3.05) is 0 Å². The van der Waals surface area contributed by atoms with Crippen LogP contribution >= 0.6 is 0 Å². The lowest BCUT2D eigenvalue weighted by molar-refractivity contribution is 0.0886. The van der Waals surface area contributed by atoms with Crippen LogP contribution in [-0.4, -0.2) is 27.9 Å². The van der Waals surface area contributed by atoms with Crippen LogP contribution in [0.15, 0.2) is 42.5 Å². The van der Waals surface area contributed by atoms with Gasteiger partial charge >= 0.3 is 0 Å². The topological polar surface area (TPSA) is 84.3 Å². The number of hydrogen-bond acceptors (Lipinski definition) is 5. The Labute approximate surface area is 162 Å². The fourth-order valence-electron chi connectivity index (χ4n) is 3.69. The van der Waals surface area contributed by atoms with Crippen LogP contribution in [0.4, 0.5) is 0 Å². The second-order valence-corrected chi connectivity index (χ2v) is 7.24. The molecule has 0 saturated carbocycles. The number of aromatic hydroxyl groups is 1. The third-order valence-electron chi connectivity index (χ3n) is 5.54. The van der Waals surface area contributed by atoms with E-state index in [0.29, 0.717) is 23.3 Å². The van der Waals surface area contributed by atoms with Gasteiger partial charge < -0.3 is 5.11 Å². The van der Waals surface area contributed by atoms with Gasteiger partial charge in [0.1, 0.15) is 23.6 Å². The summed E-state index contributed by atoms with van der Waals surface area (Å²) in [4.78, 5) is 41.1. The first-order valence-corrected chi connectivity index (χ1v) is 9.25. The van der Waals surface area contributed by atoms with E-state index in [1.165, 1.54) is 18.2 Å². The van der Waals surface area contributed by atoms with Gasteiger partial charge in [0, 0.05) is 22.1 Å². The zero-order chi connectivity index (χ0) is 20.0. The number of ketones is 2. The first kappa shape index (κ1) is 18.0. The average Bonchev–Trinajstić information content (AvgIpc) is 2.96. The van der Waals surface area contributed by atoms with Crippen LogP contribution in [0, 0.1) is 0 Å². The van der Waals surface area contributed by atoms with Crippen molar-refractivity contribution < 1.29 is 19.5 Å². The summed E-state index contributed by atoms with van der Waals surface area (Å²) in [6.45, 7) is 4.24. The maximum absolute atomic E-state index is 12.9. The Morgan fingerprint density at radius 2 is 1.82 bits per heavy atom. The van der Waals surface area contributed by atoms with Crippen molar-refractivity contribution in [3.63, 3.8) is 0 Å². The summed E-state index contributed by atoms with van der Waals surface area (Å²) in [7, 11) is 0. The molecule has 1 heterocycles. The van der Waals surface area contributed by atoms with Crippen molar-refractivity contribution in [1.82, 2.24) is 4.98 Å². The smallest absolute Gasteiger partial charge is 0.180 e. The van der Waals surface area contributed by atoms with Crippen molar-refractivity contribution >= 4 is 28.8 Å². The van der Waals surface area contributed by atoms with Gasteiger partial charge in [-0.3, -0.25) is 14.4 Å². The lowest BCUT2D eigenvalue weighted by Crippen LogP contribution is -2.14. The molecule has 3 aromatic rings. The highest BCUT2D eigenvalue weighted by Crippen LogP contribution is 2.38. The molecule has 1 aliphatic carbocycles. The number of carbonyl (C=O) groups is 3. The second-order valence-electron chi connectivity index (χ2n) is 7.24. The molecule has 0 amide bonds. The normalized spacial score (nSPS) is 17.0. The van der Waals surface area contributed by atoms with Gasteiger partial charge in [-0.25, -0.2) is 4.98 Å². The number of nitrogens with zero attached hydrogens (tertiary/aromatic N) is 1. The molecule has 0 bridgehead atoms. The molecule has 0 saturated heterocycles.